The predicted molar refractivity (Wildman–Crippen MR) is 50.8 cm³/mol. The lowest BCUT2D eigenvalue weighted by atomic mass is 10.1. The quantitative estimate of drug-likeness (QED) is 0.668. The zero-order chi connectivity index (χ0) is 9.56. The summed E-state index contributed by atoms with van der Waals surface area (Å²) in [5.41, 5.74) is 5.28. The van der Waals surface area contributed by atoms with Gasteiger partial charge < -0.3 is 10.6 Å². The number of nitrogens with zero attached hydrogens (tertiary/aromatic N) is 1. The average Bonchev–Trinajstić information content (AvgIpc) is 2.00. The van der Waals surface area contributed by atoms with Crippen molar-refractivity contribution in [3.05, 3.63) is 0 Å². The van der Waals surface area contributed by atoms with E-state index in [4.69, 9.17) is 5.73 Å². The van der Waals surface area contributed by atoms with Crippen molar-refractivity contribution in [1.82, 2.24) is 4.90 Å². The second-order valence-electron chi connectivity index (χ2n) is 3.54. The highest BCUT2D eigenvalue weighted by molar-refractivity contribution is 5.75. The lowest BCUT2D eigenvalue weighted by molar-refractivity contribution is -0.129. The van der Waals surface area contributed by atoms with Crippen LogP contribution in [0.25, 0.3) is 0 Å². The Kier molecular flexibility index (Phi) is 5.72. The highest BCUT2D eigenvalue weighted by Gasteiger charge is 2.06. The van der Waals surface area contributed by atoms with Crippen LogP contribution in [0.2, 0.25) is 0 Å². The summed E-state index contributed by atoms with van der Waals surface area (Å²) in [6.45, 7) is 5.60. The molecule has 3 nitrogen and oxygen atoms in total. The molecule has 72 valence electrons. The van der Waals surface area contributed by atoms with Gasteiger partial charge in [-0.3, -0.25) is 4.79 Å². The van der Waals surface area contributed by atoms with Crippen LogP contribution >= 0.6 is 0 Å². The topological polar surface area (TPSA) is 46.3 Å². The molecule has 0 aromatic heterocycles. The Morgan fingerprint density at radius 1 is 1.50 bits per heavy atom. The molecule has 0 heterocycles. The minimum atomic E-state index is 0.151. The number of rotatable bonds is 5. The molecule has 2 N–H and O–H groups in total. The van der Waals surface area contributed by atoms with Crippen LogP contribution in [0, 0.1) is 5.92 Å². The predicted octanol–water partition coefficient (Wildman–Crippen LogP) is 0.840. The van der Waals surface area contributed by atoms with Gasteiger partial charge in [-0.2, -0.15) is 0 Å². The van der Waals surface area contributed by atoms with Crippen LogP contribution in [0.1, 0.15) is 26.7 Å². The summed E-state index contributed by atoms with van der Waals surface area (Å²) in [6.07, 6.45) is 1.53. The molecule has 1 amide bonds. The fraction of sp³-hybridized carbons (Fsp3) is 0.889. The summed E-state index contributed by atoms with van der Waals surface area (Å²) in [4.78, 5) is 13.0. The van der Waals surface area contributed by atoms with Crippen LogP contribution in [-0.4, -0.2) is 30.9 Å². The summed E-state index contributed by atoms with van der Waals surface area (Å²) < 4.78 is 0. The summed E-state index contributed by atoms with van der Waals surface area (Å²) in [5.74, 6) is 0.802. The summed E-state index contributed by atoms with van der Waals surface area (Å²) in [7, 11) is 1.83. The maximum atomic E-state index is 11.2. The van der Waals surface area contributed by atoms with Crippen molar-refractivity contribution >= 4 is 5.91 Å². The minimum Gasteiger partial charge on any atom is -0.346 e. The smallest absolute Gasteiger partial charge is 0.223 e. The Morgan fingerprint density at radius 2 is 2.08 bits per heavy atom. The van der Waals surface area contributed by atoms with Gasteiger partial charge in [0.25, 0.3) is 0 Å². The molecule has 0 bridgehead atoms. The molecule has 0 fully saturated rings. The van der Waals surface area contributed by atoms with Crippen molar-refractivity contribution in [3.8, 4) is 0 Å². The third-order valence-electron chi connectivity index (χ3n) is 1.83. The first kappa shape index (κ1) is 11.4. The molecule has 0 aromatic rings. The van der Waals surface area contributed by atoms with Crippen molar-refractivity contribution < 1.29 is 4.79 Å². The number of amides is 1. The Labute approximate surface area is 74.9 Å². The Hall–Kier alpha value is -0.570. The molecule has 0 spiro atoms. The van der Waals surface area contributed by atoms with Crippen LogP contribution in [0.5, 0.6) is 0 Å². The fourth-order valence-electron chi connectivity index (χ4n) is 0.891. The maximum absolute atomic E-state index is 11.2. The van der Waals surface area contributed by atoms with E-state index in [1.54, 1.807) is 4.90 Å². The highest BCUT2D eigenvalue weighted by Crippen LogP contribution is 2.01. The molecular weight excluding hydrogens is 152 g/mol. The number of hydrogen-bond donors (Lipinski definition) is 1. The molecule has 3 heteroatoms. The third-order valence-corrected chi connectivity index (χ3v) is 1.83. The molecule has 0 unspecified atom stereocenters. The minimum absolute atomic E-state index is 0.151. The molecule has 0 aromatic carbocycles. The first-order chi connectivity index (χ1) is 5.57. The van der Waals surface area contributed by atoms with Crippen molar-refractivity contribution in [2.75, 3.05) is 20.1 Å². The van der Waals surface area contributed by atoms with Gasteiger partial charge in [-0.15, -0.1) is 0 Å². The van der Waals surface area contributed by atoms with E-state index in [2.05, 4.69) is 13.8 Å². The Morgan fingerprint density at radius 3 is 2.50 bits per heavy atom. The summed E-state index contributed by atoms with van der Waals surface area (Å²) in [5, 5.41) is 0. The van der Waals surface area contributed by atoms with Crippen LogP contribution in [-0.2, 0) is 4.79 Å². The fourth-order valence-corrected chi connectivity index (χ4v) is 0.891. The van der Waals surface area contributed by atoms with Gasteiger partial charge in [-0.25, -0.2) is 0 Å². The number of carbonyl (C=O) groups excluding carboxylic acids is 1. The van der Waals surface area contributed by atoms with E-state index in [0.29, 0.717) is 18.9 Å². The molecule has 0 aliphatic rings. The van der Waals surface area contributed by atoms with Crippen LogP contribution < -0.4 is 5.73 Å². The molecule has 12 heavy (non-hydrogen) atoms. The largest absolute Gasteiger partial charge is 0.346 e. The monoisotopic (exact) mass is 172 g/mol. The normalized spacial score (nSPS) is 10.4. The number of carbonyl (C=O) groups is 1. The standard InChI is InChI=1S/C9H20N2O/c1-8(2)5-7-11(3)9(12)4-6-10/h8H,4-7,10H2,1-3H3. The van der Waals surface area contributed by atoms with Gasteiger partial charge in [-0.05, 0) is 12.3 Å². The van der Waals surface area contributed by atoms with E-state index in [1.165, 1.54) is 0 Å². The van der Waals surface area contributed by atoms with Gasteiger partial charge in [0.15, 0.2) is 0 Å². The zero-order valence-electron chi connectivity index (χ0n) is 8.34. The van der Waals surface area contributed by atoms with E-state index in [-0.39, 0.29) is 5.91 Å². The lowest BCUT2D eigenvalue weighted by Crippen LogP contribution is -2.29. The van der Waals surface area contributed by atoms with Crippen molar-refractivity contribution in [3.63, 3.8) is 0 Å². The second-order valence-corrected chi connectivity index (χ2v) is 3.54. The summed E-state index contributed by atoms with van der Waals surface area (Å²) in [6, 6.07) is 0. The Bertz CT molecular complexity index is 134. The van der Waals surface area contributed by atoms with Gasteiger partial charge in [0.2, 0.25) is 5.91 Å². The summed E-state index contributed by atoms with van der Waals surface area (Å²) >= 11 is 0. The molecule has 0 rings (SSSR count). The van der Waals surface area contributed by atoms with Crippen LogP contribution in [0.15, 0.2) is 0 Å². The van der Waals surface area contributed by atoms with Gasteiger partial charge in [0.1, 0.15) is 0 Å². The zero-order valence-corrected chi connectivity index (χ0v) is 8.34. The molecule has 0 saturated heterocycles. The van der Waals surface area contributed by atoms with Gasteiger partial charge in [0.05, 0.1) is 0 Å². The molecule has 0 aliphatic heterocycles. The number of nitrogens with two attached hydrogens (primary N) is 1. The van der Waals surface area contributed by atoms with Crippen LogP contribution in [0.3, 0.4) is 0 Å². The molecular formula is C9H20N2O. The number of hydrogen-bond acceptors (Lipinski definition) is 2. The van der Waals surface area contributed by atoms with E-state index >= 15 is 0 Å². The lowest BCUT2D eigenvalue weighted by Gasteiger charge is -2.17. The Balaban J connectivity index is 3.56. The van der Waals surface area contributed by atoms with Gasteiger partial charge >= 0.3 is 0 Å². The van der Waals surface area contributed by atoms with E-state index in [1.807, 2.05) is 7.05 Å². The van der Waals surface area contributed by atoms with Gasteiger partial charge in [0, 0.05) is 26.6 Å². The first-order valence-electron chi connectivity index (χ1n) is 4.52. The highest BCUT2D eigenvalue weighted by atomic mass is 16.2. The van der Waals surface area contributed by atoms with E-state index < -0.39 is 0 Å². The average molecular weight is 172 g/mol. The second kappa shape index (κ2) is 6.00. The first-order valence-corrected chi connectivity index (χ1v) is 4.52. The van der Waals surface area contributed by atoms with Crippen LogP contribution in [0.4, 0.5) is 0 Å². The molecule has 0 aliphatic carbocycles. The maximum Gasteiger partial charge on any atom is 0.223 e. The third kappa shape index (κ3) is 5.13. The van der Waals surface area contributed by atoms with E-state index in [0.717, 1.165) is 13.0 Å². The molecule has 0 atom stereocenters. The SMILES string of the molecule is CC(C)CCN(C)C(=O)CCN. The van der Waals surface area contributed by atoms with Crippen molar-refractivity contribution in [2.45, 2.75) is 26.7 Å². The van der Waals surface area contributed by atoms with E-state index in [9.17, 15) is 4.79 Å². The molecule has 0 saturated carbocycles. The molecule has 0 radical (unpaired) electrons. The van der Waals surface area contributed by atoms with Gasteiger partial charge in [-0.1, -0.05) is 13.8 Å². The van der Waals surface area contributed by atoms with Crippen molar-refractivity contribution in [2.24, 2.45) is 11.7 Å². The van der Waals surface area contributed by atoms with Crippen molar-refractivity contribution in [1.29, 1.82) is 0 Å².